The molecule has 0 saturated carbocycles. The second-order valence-corrected chi connectivity index (χ2v) is 5.73. The predicted molar refractivity (Wildman–Crippen MR) is 84.9 cm³/mol. The number of anilines is 1. The first kappa shape index (κ1) is 16.3. The van der Waals surface area contributed by atoms with E-state index in [0.717, 1.165) is 12.8 Å². The first-order valence-electron chi connectivity index (χ1n) is 7.95. The molecule has 22 heavy (non-hydrogen) atoms. The average molecular weight is 305 g/mol. The van der Waals surface area contributed by atoms with Gasteiger partial charge in [-0.1, -0.05) is 32.6 Å². The van der Waals surface area contributed by atoms with Crippen molar-refractivity contribution < 1.29 is 19.8 Å². The molecule has 120 valence electrons. The van der Waals surface area contributed by atoms with Gasteiger partial charge in [0.1, 0.15) is 11.5 Å². The quantitative estimate of drug-likeness (QED) is 0.407. The summed E-state index contributed by atoms with van der Waals surface area (Å²) in [7, 11) is 0. The molecule has 5 heteroatoms. The van der Waals surface area contributed by atoms with Crippen LogP contribution in [0.5, 0.6) is 11.5 Å². The highest BCUT2D eigenvalue weighted by atomic mass is 16.3. The standard InChI is InChI=1S/C17H23NO4/c1-2-3-4-5-6-9-18-11-10-14(21)15-12(19)7-8-13(20)16(15)17(11)22/h10,18,21-22H,2-9H2,1H3. The molecule has 0 radical (unpaired) electrons. The Labute approximate surface area is 130 Å². The van der Waals surface area contributed by atoms with Crippen molar-refractivity contribution in [3.05, 3.63) is 17.2 Å². The average Bonchev–Trinajstić information content (AvgIpc) is 2.49. The van der Waals surface area contributed by atoms with Crippen molar-refractivity contribution in [3.8, 4) is 11.5 Å². The number of aromatic hydroxyl groups is 2. The van der Waals surface area contributed by atoms with Gasteiger partial charge in [0.15, 0.2) is 11.6 Å². The highest BCUT2D eigenvalue weighted by molar-refractivity contribution is 6.17. The lowest BCUT2D eigenvalue weighted by Gasteiger charge is -2.19. The number of unbranched alkanes of at least 4 members (excludes halogenated alkanes) is 4. The van der Waals surface area contributed by atoms with Crippen molar-refractivity contribution >= 4 is 17.3 Å². The largest absolute Gasteiger partial charge is 0.507 e. The van der Waals surface area contributed by atoms with Crippen molar-refractivity contribution in [2.75, 3.05) is 11.9 Å². The van der Waals surface area contributed by atoms with E-state index >= 15 is 0 Å². The number of rotatable bonds is 7. The van der Waals surface area contributed by atoms with Crippen molar-refractivity contribution in [2.45, 2.75) is 51.9 Å². The van der Waals surface area contributed by atoms with E-state index in [1.54, 1.807) is 0 Å². The van der Waals surface area contributed by atoms with Crippen LogP contribution >= 0.6 is 0 Å². The lowest BCUT2D eigenvalue weighted by Crippen LogP contribution is -2.18. The Hall–Kier alpha value is -2.04. The zero-order chi connectivity index (χ0) is 16.1. The molecule has 0 atom stereocenters. The summed E-state index contributed by atoms with van der Waals surface area (Å²) in [5, 5.41) is 23.3. The second kappa shape index (κ2) is 7.29. The monoisotopic (exact) mass is 305 g/mol. The van der Waals surface area contributed by atoms with Gasteiger partial charge >= 0.3 is 0 Å². The smallest absolute Gasteiger partial charge is 0.168 e. The van der Waals surface area contributed by atoms with E-state index in [2.05, 4.69) is 12.2 Å². The maximum Gasteiger partial charge on any atom is 0.168 e. The highest BCUT2D eigenvalue weighted by Crippen LogP contribution is 2.40. The Balaban J connectivity index is 2.10. The van der Waals surface area contributed by atoms with Crippen molar-refractivity contribution in [2.24, 2.45) is 0 Å². The van der Waals surface area contributed by atoms with Crippen LogP contribution < -0.4 is 5.32 Å². The van der Waals surface area contributed by atoms with E-state index in [1.807, 2.05) is 0 Å². The third kappa shape index (κ3) is 3.40. The molecule has 1 aromatic carbocycles. The zero-order valence-electron chi connectivity index (χ0n) is 12.9. The fraction of sp³-hybridized carbons (Fsp3) is 0.529. The molecule has 0 aliphatic heterocycles. The Morgan fingerprint density at radius 2 is 1.64 bits per heavy atom. The van der Waals surface area contributed by atoms with Crippen molar-refractivity contribution in [1.82, 2.24) is 0 Å². The summed E-state index contributed by atoms with van der Waals surface area (Å²) in [6, 6.07) is 1.33. The lowest BCUT2D eigenvalue weighted by atomic mass is 9.87. The van der Waals surface area contributed by atoms with Gasteiger partial charge in [-0.25, -0.2) is 0 Å². The van der Waals surface area contributed by atoms with E-state index in [9.17, 15) is 19.8 Å². The normalized spacial score (nSPS) is 14.0. The molecule has 0 heterocycles. The summed E-state index contributed by atoms with van der Waals surface area (Å²) in [6.45, 7) is 2.81. The molecular weight excluding hydrogens is 282 g/mol. The second-order valence-electron chi connectivity index (χ2n) is 5.73. The Bertz CT molecular complexity index is 581. The topological polar surface area (TPSA) is 86.6 Å². The summed E-state index contributed by atoms with van der Waals surface area (Å²) >= 11 is 0. The van der Waals surface area contributed by atoms with Gasteiger partial charge in [0.25, 0.3) is 0 Å². The van der Waals surface area contributed by atoms with E-state index in [1.165, 1.54) is 25.3 Å². The van der Waals surface area contributed by atoms with Gasteiger partial charge in [-0.3, -0.25) is 9.59 Å². The lowest BCUT2D eigenvalue weighted by molar-refractivity contribution is 0.0885. The third-order valence-electron chi connectivity index (χ3n) is 4.01. The van der Waals surface area contributed by atoms with Gasteiger partial charge < -0.3 is 15.5 Å². The minimum absolute atomic E-state index is 0.0373. The Kier molecular flexibility index (Phi) is 5.41. The van der Waals surface area contributed by atoms with Crippen LogP contribution in [0.15, 0.2) is 6.07 Å². The predicted octanol–water partition coefficient (Wildman–Crippen LogP) is 3.64. The number of carbonyl (C=O) groups excluding carboxylic acids is 2. The van der Waals surface area contributed by atoms with Gasteiger partial charge in [-0.15, -0.1) is 0 Å². The number of Topliss-reactive ketones (excluding diaryl/α,β-unsaturated/α-hetero) is 2. The number of hydrogen-bond donors (Lipinski definition) is 3. The molecular formula is C17H23NO4. The molecule has 1 aliphatic carbocycles. The summed E-state index contributed by atoms with van der Waals surface area (Å²) in [4.78, 5) is 23.8. The van der Waals surface area contributed by atoms with Crippen LogP contribution in [0.3, 0.4) is 0 Å². The van der Waals surface area contributed by atoms with E-state index < -0.39 is 0 Å². The molecule has 0 fully saturated rings. The summed E-state index contributed by atoms with van der Waals surface area (Å²) in [5.74, 6) is -1.05. The number of carbonyl (C=O) groups is 2. The van der Waals surface area contributed by atoms with Crippen LogP contribution in [0.4, 0.5) is 5.69 Å². The van der Waals surface area contributed by atoms with Crippen LogP contribution in [0, 0.1) is 0 Å². The number of phenolic OH excluding ortho intramolecular Hbond substituents is 2. The van der Waals surface area contributed by atoms with E-state index in [-0.39, 0.29) is 47.0 Å². The molecule has 0 bridgehead atoms. The SMILES string of the molecule is CCCCCCCNc1cc(O)c2c(c1O)C(=O)CCC2=O. The summed E-state index contributed by atoms with van der Waals surface area (Å²) in [6.07, 6.45) is 5.78. The molecule has 0 saturated heterocycles. The van der Waals surface area contributed by atoms with Crippen molar-refractivity contribution in [1.29, 1.82) is 0 Å². The fourth-order valence-electron chi connectivity index (χ4n) is 2.78. The minimum atomic E-state index is -0.298. The van der Waals surface area contributed by atoms with Crippen LogP contribution in [-0.2, 0) is 0 Å². The van der Waals surface area contributed by atoms with E-state index in [0.29, 0.717) is 12.2 Å². The molecule has 0 aromatic heterocycles. The number of hydrogen-bond acceptors (Lipinski definition) is 5. The fourth-order valence-corrected chi connectivity index (χ4v) is 2.78. The van der Waals surface area contributed by atoms with Crippen molar-refractivity contribution in [3.63, 3.8) is 0 Å². The minimum Gasteiger partial charge on any atom is -0.507 e. The third-order valence-corrected chi connectivity index (χ3v) is 4.01. The summed E-state index contributed by atoms with van der Waals surface area (Å²) < 4.78 is 0. The first-order chi connectivity index (χ1) is 10.6. The van der Waals surface area contributed by atoms with Crippen LogP contribution in [0.1, 0.15) is 72.6 Å². The number of benzene rings is 1. The zero-order valence-corrected chi connectivity index (χ0v) is 12.9. The van der Waals surface area contributed by atoms with Crippen LogP contribution in [0.2, 0.25) is 0 Å². The van der Waals surface area contributed by atoms with Crippen LogP contribution in [-0.4, -0.2) is 28.3 Å². The number of phenols is 2. The number of ketones is 2. The van der Waals surface area contributed by atoms with Gasteiger partial charge in [0.05, 0.1) is 16.8 Å². The summed E-state index contributed by atoms with van der Waals surface area (Å²) in [5.41, 5.74) is 0.238. The Morgan fingerprint density at radius 1 is 1.00 bits per heavy atom. The van der Waals surface area contributed by atoms with Crippen LogP contribution in [0.25, 0.3) is 0 Å². The Morgan fingerprint density at radius 3 is 2.32 bits per heavy atom. The molecule has 3 N–H and O–H groups in total. The molecule has 5 nitrogen and oxygen atoms in total. The van der Waals surface area contributed by atoms with Gasteiger partial charge in [0.2, 0.25) is 0 Å². The van der Waals surface area contributed by atoms with Gasteiger partial charge in [-0.2, -0.15) is 0 Å². The number of nitrogens with one attached hydrogen (secondary N) is 1. The van der Waals surface area contributed by atoms with Gasteiger partial charge in [-0.05, 0) is 6.42 Å². The molecule has 1 aliphatic rings. The molecule has 1 aromatic rings. The molecule has 0 amide bonds. The highest BCUT2D eigenvalue weighted by Gasteiger charge is 2.31. The molecule has 2 rings (SSSR count). The molecule has 0 unspecified atom stereocenters. The maximum atomic E-state index is 12.0. The maximum absolute atomic E-state index is 12.0. The molecule has 0 spiro atoms. The number of fused-ring (bicyclic) bond motifs is 1. The van der Waals surface area contributed by atoms with E-state index in [4.69, 9.17) is 0 Å². The first-order valence-corrected chi connectivity index (χ1v) is 7.95. The van der Waals surface area contributed by atoms with Gasteiger partial charge in [0, 0.05) is 25.5 Å².